The topological polar surface area (TPSA) is 67.5 Å². The third kappa shape index (κ3) is 4.40. The summed E-state index contributed by atoms with van der Waals surface area (Å²) in [7, 11) is 1.84. The van der Waals surface area contributed by atoms with Crippen molar-refractivity contribution in [3.05, 3.63) is 16.3 Å². The van der Waals surface area contributed by atoms with Crippen LogP contribution >= 0.6 is 11.8 Å². The normalized spacial score (nSPS) is 20.4. The molecule has 3 heterocycles. The third-order valence-corrected chi connectivity index (χ3v) is 6.10. The van der Waals surface area contributed by atoms with Crippen molar-refractivity contribution in [3.8, 4) is 0 Å². The van der Waals surface area contributed by atoms with E-state index in [9.17, 15) is 4.79 Å². The van der Waals surface area contributed by atoms with E-state index in [0.717, 1.165) is 69.4 Å². The Hall–Kier alpha value is -1.44. The summed E-state index contributed by atoms with van der Waals surface area (Å²) in [5, 5.41) is 7.94. The maximum Gasteiger partial charge on any atom is 0.345 e. The number of fused-ring (bicyclic) bond motifs is 1. The monoisotopic (exact) mass is 366 g/mol. The van der Waals surface area contributed by atoms with E-state index in [-0.39, 0.29) is 10.4 Å². The van der Waals surface area contributed by atoms with Crippen molar-refractivity contribution < 1.29 is 0 Å². The van der Waals surface area contributed by atoms with Gasteiger partial charge in [0.25, 0.3) is 0 Å². The van der Waals surface area contributed by atoms with Crippen molar-refractivity contribution >= 4 is 17.7 Å². The van der Waals surface area contributed by atoms with Gasteiger partial charge in [-0.2, -0.15) is 16.9 Å². The van der Waals surface area contributed by atoms with Gasteiger partial charge in [-0.15, -0.1) is 0 Å². The average molecular weight is 367 g/mol. The lowest BCUT2D eigenvalue weighted by atomic mass is 10.2. The zero-order chi connectivity index (χ0) is 17.9. The number of thioether (sulfide) groups is 1. The molecule has 1 N–H and O–H groups in total. The summed E-state index contributed by atoms with van der Waals surface area (Å²) in [5.41, 5.74) is 0.0499. The SMILES string of the molecule is CN=C(NCCCn1nc2n(c1=O)CCCC2)N1CCSC(C)(C)C1. The zero-order valence-corrected chi connectivity index (χ0v) is 16.4. The number of nitrogens with zero attached hydrogens (tertiary/aromatic N) is 5. The summed E-state index contributed by atoms with van der Waals surface area (Å²) in [6, 6.07) is 0. The fraction of sp³-hybridized carbons (Fsp3) is 0.824. The van der Waals surface area contributed by atoms with Crippen LogP contribution in [0.4, 0.5) is 0 Å². The second-order valence-electron chi connectivity index (χ2n) is 7.39. The highest BCUT2D eigenvalue weighted by atomic mass is 32.2. The first-order valence-corrected chi connectivity index (χ1v) is 10.2. The molecule has 2 aliphatic heterocycles. The molecular formula is C17H30N6OS. The van der Waals surface area contributed by atoms with Gasteiger partial charge in [-0.25, -0.2) is 9.48 Å². The number of aryl methyl sites for hydroxylation is 2. The quantitative estimate of drug-likeness (QED) is 0.492. The van der Waals surface area contributed by atoms with Crippen molar-refractivity contribution in [2.24, 2.45) is 4.99 Å². The van der Waals surface area contributed by atoms with Crippen molar-refractivity contribution in [1.29, 1.82) is 0 Å². The molecule has 0 aromatic carbocycles. The van der Waals surface area contributed by atoms with Gasteiger partial charge < -0.3 is 10.2 Å². The van der Waals surface area contributed by atoms with Crippen LogP contribution in [0.15, 0.2) is 9.79 Å². The molecule has 25 heavy (non-hydrogen) atoms. The third-order valence-electron chi connectivity index (χ3n) is 4.80. The van der Waals surface area contributed by atoms with Gasteiger partial charge in [0.1, 0.15) is 5.82 Å². The van der Waals surface area contributed by atoms with Crippen molar-refractivity contribution in [1.82, 2.24) is 24.6 Å². The minimum Gasteiger partial charge on any atom is -0.356 e. The highest BCUT2D eigenvalue weighted by molar-refractivity contribution is 8.00. The standard InChI is InChI=1S/C17H30N6OS/c1-17(2)13-21(11-12-25-17)15(18-3)19-8-6-10-23-16(24)22-9-5-4-7-14(22)20-23/h4-13H2,1-3H3,(H,18,19). The summed E-state index contributed by atoms with van der Waals surface area (Å²) in [5.74, 6) is 3.04. The number of aliphatic imine (C=N–C) groups is 1. The van der Waals surface area contributed by atoms with Crippen LogP contribution in [0.5, 0.6) is 0 Å². The molecule has 0 amide bonds. The lowest BCUT2D eigenvalue weighted by Crippen LogP contribution is -2.51. The predicted octanol–water partition coefficient (Wildman–Crippen LogP) is 1.17. The molecule has 0 spiro atoms. The Bertz CT molecular complexity index is 677. The van der Waals surface area contributed by atoms with Crippen molar-refractivity contribution in [2.75, 3.05) is 32.4 Å². The summed E-state index contributed by atoms with van der Waals surface area (Å²) in [6.45, 7) is 8.87. The highest BCUT2D eigenvalue weighted by Crippen LogP contribution is 2.29. The molecule has 140 valence electrons. The molecule has 3 rings (SSSR count). The zero-order valence-electron chi connectivity index (χ0n) is 15.6. The van der Waals surface area contributed by atoms with Gasteiger partial charge in [0.2, 0.25) is 0 Å². The molecule has 1 fully saturated rings. The van der Waals surface area contributed by atoms with Crippen LogP contribution in [-0.2, 0) is 19.5 Å². The number of hydrogen-bond donors (Lipinski definition) is 1. The summed E-state index contributed by atoms with van der Waals surface area (Å²) in [4.78, 5) is 19.1. The first-order chi connectivity index (χ1) is 12.0. The van der Waals surface area contributed by atoms with Crippen LogP contribution in [-0.4, -0.2) is 62.4 Å². The van der Waals surface area contributed by atoms with E-state index in [2.05, 4.69) is 34.2 Å². The minimum absolute atomic E-state index is 0.0499. The molecule has 7 nitrogen and oxygen atoms in total. The average Bonchev–Trinajstić information content (AvgIpc) is 2.90. The molecule has 0 radical (unpaired) electrons. The van der Waals surface area contributed by atoms with Gasteiger partial charge in [-0.1, -0.05) is 0 Å². The van der Waals surface area contributed by atoms with Gasteiger partial charge in [0.15, 0.2) is 5.96 Å². The van der Waals surface area contributed by atoms with Gasteiger partial charge in [0, 0.05) is 56.7 Å². The maximum atomic E-state index is 12.3. The first-order valence-electron chi connectivity index (χ1n) is 9.26. The van der Waals surface area contributed by atoms with Gasteiger partial charge in [-0.3, -0.25) is 9.56 Å². The molecule has 1 aromatic heterocycles. The molecular weight excluding hydrogens is 336 g/mol. The molecule has 0 unspecified atom stereocenters. The number of rotatable bonds is 4. The van der Waals surface area contributed by atoms with Crippen LogP contribution in [0.3, 0.4) is 0 Å². The lowest BCUT2D eigenvalue weighted by molar-refractivity contribution is 0.374. The number of nitrogens with one attached hydrogen (secondary N) is 1. The van der Waals surface area contributed by atoms with Crippen molar-refractivity contribution in [2.45, 2.75) is 57.4 Å². The number of hydrogen-bond acceptors (Lipinski definition) is 4. The Balaban J connectivity index is 1.49. The molecule has 1 saturated heterocycles. The van der Waals surface area contributed by atoms with E-state index in [1.807, 2.05) is 23.4 Å². The van der Waals surface area contributed by atoms with Gasteiger partial charge >= 0.3 is 5.69 Å². The van der Waals surface area contributed by atoms with Gasteiger partial charge in [-0.05, 0) is 33.1 Å². The number of aromatic nitrogens is 3. The fourth-order valence-electron chi connectivity index (χ4n) is 3.55. The van der Waals surface area contributed by atoms with Crippen LogP contribution in [0.25, 0.3) is 0 Å². The van der Waals surface area contributed by atoms with E-state index >= 15 is 0 Å². The summed E-state index contributed by atoms with van der Waals surface area (Å²) in [6.07, 6.45) is 4.01. The minimum atomic E-state index is 0.0499. The first kappa shape index (κ1) is 18.4. The molecule has 0 bridgehead atoms. The Morgan fingerprint density at radius 2 is 2.20 bits per heavy atom. The van der Waals surface area contributed by atoms with E-state index in [0.29, 0.717) is 6.54 Å². The molecule has 0 atom stereocenters. The van der Waals surface area contributed by atoms with Crippen LogP contribution in [0.1, 0.15) is 38.9 Å². The largest absolute Gasteiger partial charge is 0.356 e. The van der Waals surface area contributed by atoms with E-state index in [1.54, 1.807) is 4.68 Å². The second-order valence-corrected chi connectivity index (χ2v) is 9.19. The summed E-state index contributed by atoms with van der Waals surface area (Å²) < 4.78 is 3.73. The lowest BCUT2D eigenvalue weighted by Gasteiger charge is -2.39. The molecule has 0 saturated carbocycles. The molecule has 1 aromatic rings. The summed E-state index contributed by atoms with van der Waals surface area (Å²) >= 11 is 2.02. The van der Waals surface area contributed by atoms with Crippen LogP contribution in [0, 0.1) is 0 Å². The molecule has 8 heteroatoms. The fourth-order valence-corrected chi connectivity index (χ4v) is 4.66. The van der Waals surface area contributed by atoms with E-state index in [1.165, 1.54) is 0 Å². The second kappa shape index (κ2) is 7.85. The smallest absolute Gasteiger partial charge is 0.345 e. The Labute approximate surface area is 153 Å². The van der Waals surface area contributed by atoms with Gasteiger partial charge in [0.05, 0.1) is 0 Å². The Kier molecular flexibility index (Phi) is 5.76. The van der Waals surface area contributed by atoms with Crippen LogP contribution in [0.2, 0.25) is 0 Å². The van der Waals surface area contributed by atoms with Crippen molar-refractivity contribution in [3.63, 3.8) is 0 Å². The Morgan fingerprint density at radius 1 is 1.36 bits per heavy atom. The Morgan fingerprint density at radius 3 is 2.92 bits per heavy atom. The number of guanidine groups is 1. The van der Waals surface area contributed by atoms with E-state index < -0.39 is 0 Å². The molecule has 2 aliphatic rings. The van der Waals surface area contributed by atoms with E-state index in [4.69, 9.17) is 0 Å². The highest BCUT2D eigenvalue weighted by Gasteiger charge is 2.28. The molecule has 0 aliphatic carbocycles. The predicted molar refractivity (Wildman–Crippen MR) is 104 cm³/mol. The van der Waals surface area contributed by atoms with Crippen LogP contribution < -0.4 is 11.0 Å². The maximum absolute atomic E-state index is 12.3.